The molecule has 0 aliphatic carbocycles. The van der Waals surface area contributed by atoms with Crippen LogP contribution in [-0.2, 0) is 6.54 Å². The second-order valence-electron chi connectivity index (χ2n) is 5.79. The molecule has 0 bridgehead atoms. The predicted molar refractivity (Wildman–Crippen MR) is 98.6 cm³/mol. The van der Waals surface area contributed by atoms with Crippen molar-refractivity contribution >= 4 is 28.8 Å². The molecule has 140 valence electrons. The number of anilines is 2. The maximum absolute atomic E-state index is 13.7. The fourth-order valence-electron chi connectivity index (χ4n) is 2.36. The van der Waals surface area contributed by atoms with E-state index in [0.29, 0.717) is 5.82 Å². The van der Waals surface area contributed by atoms with Crippen LogP contribution in [0, 0.1) is 30.2 Å². The molecule has 9 heteroatoms. The molecule has 0 radical (unpaired) electrons. The number of halogens is 4. The average molecular weight is 394 g/mol. The Kier molecular flexibility index (Phi) is 5.41. The van der Waals surface area contributed by atoms with E-state index in [4.69, 9.17) is 12.2 Å². The number of hydrogen-bond donors (Lipinski definition) is 2. The Balaban J connectivity index is 1.68. The summed E-state index contributed by atoms with van der Waals surface area (Å²) in [7, 11) is 0. The molecule has 1 aromatic heterocycles. The highest BCUT2D eigenvalue weighted by Gasteiger charge is 2.19. The molecule has 0 aliphatic heterocycles. The summed E-state index contributed by atoms with van der Waals surface area (Å²) in [6, 6.07) is 9.22. The first-order valence-electron chi connectivity index (χ1n) is 7.83. The molecule has 3 aromatic rings. The Bertz CT molecular complexity index is 960. The zero-order chi connectivity index (χ0) is 19.6. The van der Waals surface area contributed by atoms with Gasteiger partial charge in [0.15, 0.2) is 34.2 Å². The molecule has 0 saturated carbocycles. The molecule has 0 spiro atoms. The molecule has 0 fully saturated rings. The topological polar surface area (TPSA) is 41.9 Å². The molecule has 0 amide bonds. The van der Waals surface area contributed by atoms with Gasteiger partial charge in [0.1, 0.15) is 0 Å². The van der Waals surface area contributed by atoms with Crippen molar-refractivity contribution in [1.29, 1.82) is 0 Å². The summed E-state index contributed by atoms with van der Waals surface area (Å²) in [6.07, 6.45) is 1.40. The van der Waals surface area contributed by atoms with Crippen molar-refractivity contribution in [3.63, 3.8) is 0 Å². The number of aromatic nitrogens is 2. The van der Waals surface area contributed by atoms with Crippen LogP contribution in [0.2, 0.25) is 0 Å². The minimum atomic E-state index is -1.46. The first kappa shape index (κ1) is 18.8. The lowest BCUT2D eigenvalue weighted by atomic mass is 10.2. The van der Waals surface area contributed by atoms with Gasteiger partial charge in [-0.05, 0) is 31.3 Å². The summed E-state index contributed by atoms with van der Waals surface area (Å²) in [4.78, 5) is 0. The third-order valence-corrected chi connectivity index (χ3v) is 3.92. The highest BCUT2D eigenvalue weighted by molar-refractivity contribution is 7.80. The third-order valence-electron chi connectivity index (χ3n) is 3.71. The molecule has 2 aromatic carbocycles. The first-order valence-corrected chi connectivity index (χ1v) is 8.24. The van der Waals surface area contributed by atoms with Gasteiger partial charge in [-0.2, -0.15) is 5.10 Å². The van der Waals surface area contributed by atoms with E-state index in [1.165, 1.54) is 12.3 Å². The van der Waals surface area contributed by atoms with Crippen molar-refractivity contribution in [3.05, 3.63) is 77.0 Å². The van der Waals surface area contributed by atoms with Crippen LogP contribution >= 0.6 is 12.2 Å². The summed E-state index contributed by atoms with van der Waals surface area (Å²) >= 11 is 5.17. The number of nitrogens with one attached hydrogen (secondary N) is 2. The van der Waals surface area contributed by atoms with Crippen molar-refractivity contribution < 1.29 is 17.6 Å². The van der Waals surface area contributed by atoms with Crippen LogP contribution in [0.4, 0.5) is 29.1 Å². The van der Waals surface area contributed by atoms with Gasteiger partial charge in [-0.15, -0.1) is 0 Å². The van der Waals surface area contributed by atoms with Crippen LogP contribution in [0.15, 0.2) is 42.6 Å². The van der Waals surface area contributed by atoms with Gasteiger partial charge in [-0.3, -0.25) is 4.68 Å². The molecular formula is C18H14F4N4S. The fraction of sp³-hybridized carbons (Fsp3) is 0.111. The molecule has 4 nitrogen and oxygen atoms in total. The molecule has 0 unspecified atom stereocenters. The number of aryl methyl sites for hydroxylation is 1. The number of benzene rings is 2. The average Bonchev–Trinajstić information content (AvgIpc) is 3.06. The maximum Gasteiger partial charge on any atom is 0.176 e. The zero-order valence-electron chi connectivity index (χ0n) is 14.1. The van der Waals surface area contributed by atoms with E-state index in [9.17, 15) is 17.6 Å². The summed E-state index contributed by atoms with van der Waals surface area (Å²) in [6.45, 7) is 1.48. The van der Waals surface area contributed by atoms with E-state index in [0.717, 1.165) is 15.9 Å². The van der Waals surface area contributed by atoms with Gasteiger partial charge in [0.05, 0.1) is 12.1 Å². The predicted octanol–water partition coefficient (Wildman–Crippen LogP) is 4.61. The number of thiocarbonyl (C=S) groups is 1. The van der Waals surface area contributed by atoms with E-state index >= 15 is 0 Å². The van der Waals surface area contributed by atoms with E-state index in [2.05, 4.69) is 15.7 Å². The molecule has 1 heterocycles. The van der Waals surface area contributed by atoms with Crippen molar-refractivity contribution in [3.8, 4) is 0 Å². The van der Waals surface area contributed by atoms with Crippen molar-refractivity contribution in [1.82, 2.24) is 9.78 Å². The molecular weight excluding hydrogens is 380 g/mol. The summed E-state index contributed by atoms with van der Waals surface area (Å²) in [5.74, 6) is -5.51. The third kappa shape index (κ3) is 4.43. The largest absolute Gasteiger partial charge is 0.332 e. The van der Waals surface area contributed by atoms with Gasteiger partial charge in [-0.25, -0.2) is 17.6 Å². The lowest BCUT2D eigenvalue weighted by molar-refractivity contribution is 0.431. The van der Waals surface area contributed by atoms with E-state index in [1.54, 1.807) is 0 Å². The van der Waals surface area contributed by atoms with Crippen LogP contribution in [0.1, 0.15) is 11.1 Å². The van der Waals surface area contributed by atoms with Crippen LogP contribution in [0.25, 0.3) is 0 Å². The summed E-state index contributed by atoms with van der Waals surface area (Å²) < 4.78 is 55.2. The smallest absolute Gasteiger partial charge is 0.176 e. The Morgan fingerprint density at radius 3 is 2.26 bits per heavy atom. The zero-order valence-corrected chi connectivity index (χ0v) is 14.9. The van der Waals surface area contributed by atoms with Crippen LogP contribution in [0.3, 0.4) is 0 Å². The molecule has 0 aliphatic rings. The number of hydrogen-bond acceptors (Lipinski definition) is 2. The fourth-order valence-corrected chi connectivity index (χ4v) is 2.58. The number of rotatable bonds is 4. The van der Waals surface area contributed by atoms with Gasteiger partial charge < -0.3 is 10.6 Å². The van der Waals surface area contributed by atoms with E-state index in [1.807, 2.05) is 31.2 Å². The van der Waals surface area contributed by atoms with Gasteiger partial charge in [0, 0.05) is 24.0 Å². The van der Waals surface area contributed by atoms with Crippen LogP contribution in [-0.4, -0.2) is 14.9 Å². The molecule has 2 N–H and O–H groups in total. The molecule has 27 heavy (non-hydrogen) atoms. The van der Waals surface area contributed by atoms with Crippen molar-refractivity contribution in [2.24, 2.45) is 0 Å². The lowest BCUT2D eigenvalue weighted by Crippen LogP contribution is -2.19. The van der Waals surface area contributed by atoms with Crippen LogP contribution in [0.5, 0.6) is 0 Å². The Morgan fingerprint density at radius 2 is 1.63 bits per heavy atom. The second kappa shape index (κ2) is 7.75. The molecule has 0 saturated heterocycles. The van der Waals surface area contributed by atoms with Gasteiger partial charge in [0.25, 0.3) is 0 Å². The minimum absolute atomic E-state index is 0.166. The Hall–Kier alpha value is -2.94. The Morgan fingerprint density at radius 1 is 1.00 bits per heavy atom. The highest BCUT2D eigenvalue weighted by Crippen LogP contribution is 2.20. The first-order chi connectivity index (χ1) is 12.8. The van der Waals surface area contributed by atoms with Crippen molar-refractivity contribution in [2.75, 3.05) is 10.6 Å². The van der Waals surface area contributed by atoms with E-state index < -0.39 is 35.4 Å². The molecule has 3 rings (SSSR count). The number of nitrogens with zero attached hydrogens (tertiary/aromatic N) is 2. The quantitative estimate of drug-likeness (QED) is 0.385. The summed E-state index contributed by atoms with van der Waals surface area (Å²) in [5.41, 5.74) is 1.13. The monoisotopic (exact) mass is 394 g/mol. The molecule has 0 atom stereocenters. The lowest BCUT2D eigenvalue weighted by Gasteiger charge is -2.09. The van der Waals surface area contributed by atoms with Gasteiger partial charge in [-0.1, -0.05) is 17.7 Å². The maximum atomic E-state index is 13.7. The Labute approximate surface area is 157 Å². The van der Waals surface area contributed by atoms with Gasteiger partial charge >= 0.3 is 0 Å². The normalized spacial score (nSPS) is 10.7. The SMILES string of the molecule is Cc1ccc(NC(=S)Nc2ccn(Cc3c(F)c(F)cc(F)c3F)n2)cc1. The standard InChI is InChI=1S/C18H14F4N4S/c1-10-2-4-11(5-3-10)23-18(27)24-15-6-7-26(25-15)9-12-16(21)13(19)8-14(20)17(12)22/h2-8H,9H2,1H3,(H2,23,24,25,27). The highest BCUT2D eigenvalue weighted by atomic mass is 32.1. The summed E-state index contributed by atoms with van der Waals surface area (Å²) in [5, 5.41) is 10.1. The van der Waals surface area contributed by atoms with E-state index in [-0.39, 0.29) is 11.2 Å². The second-order valence-corrected chi connectivity index (χ2v) is 6.20. The van der Waals surface area contributed by atoms with Crippen molar-refractivity contribution in [2.45, 2.75) is 13.5 Å². The van der Waals surface area contributed by atoms with Crippen LogP contribution < -0.4 is 10.6 Å². The van der Waals surface area contributed by atoms with Gasteiger partial charge in [0.2, 0.25) is 0 Å². The minimum Gasteiger partial charge on any atom is -0.332 e.